The van der Waals surface area contributed by atoms with Crippen molar-refractivity contribution >= 4 is 11.9 Å². The summed E-state index contributed by atoms with van der Waals surface area (Å²) in [4.78, 5) is 36.1. The van der Waals surface area contributed by atoms with E-state index in [1.807, 2.05) is 13.8 Å². The van der Waals surface area contributed by atoms with Crippen molar-refractivity contribution in [3.63, 3.8) is 0 Å². The first-order valence-electron chi connectivity index (χ1n) is 5.62. The Morgan fingerprint density at radius 3 is 2.50 bits per heavy atom. The fraction of sp³-hybridized carbons (Fsp3) is 0.800. The van der Waals surface area contributed by atoms with E-state index >= 15 is 0 Å². The third kappa shape index (κ3) is 8.31. The molecule has 1 unspecified atom stereocenters. The summed E-state index contributed by atoms with van der Waals surface area (Å²) in [5, 5.41) is 20.2. The van der Waals surface area contributed by atoms with Crippen molar-refractivity contribution in [1.82, 2.24) is 5.32 Å². The number of hydrogen-bond acceptors (Lipinski definition) is 5. The van der Waals surface area contributed by atoms with E-state index in [1.165, 1.54) is 0 Å². The number of nitrogens with one attached hydrogen (secondary N) is 1. The summed E-state index contributed by atoms with van der Waals surface area (Å²) in [6.45, 7) is 3.53. The summed E-state index contributed by atoms with van der Waals surface area (Å²) in [5.41, 5.74) is 0. The molecule has 0 saturated carbocycles. The molecule has 0 aliphatic carbocycles. The summed E-state index contributed by atoms with van der Waals surface area (Å²) in [6, 6.07) is -0.922. The highest BCUT2D eigenvalue weighted by Gasteiger charge is 2.20. The van der Waals surface area contributed by atoms with Gasteiger partial charge in [0.15, 0.2) is 0 Å². The second-order valence-electron chi connectivity index (χ2n) is 4.25. The van der Waals surface area contributed by atoms with Crippen LogP contribution >= 0.6 is 0 Å². The predicted octanol–water partition coefficient (Wildman–Crippen LogP) is 0.590. The van der Waals surface area contributed by atoms with Crippen LogP contribution in [-0.4, -0.2) is 34.7 Å². The Labute approximate surface area is 104 Å². The molecule has 0 heterocycles. The van der Waals surface area contributed by atoms with E-state index in [0.717, 1.165) is 0 Å². The number of amides is 1. The molecule has 2 N–H and O–H groups in total. The Balaban J connectivity index is 3.95. The first-order valence-corrected chi connectivity index (χ1v) is 5.62. The van der Waals surface area contributed by atoms with E-state index < -0.39 is 23.0 Å². The molecular formula is C10H18N2O6. The minimum Gasteiger partial charge on any atom is -0.480 e. The monoisotopic (exact) mass is 262 g/mol. The van der Waals surface area contributed by atoms with Crippen LogP contribution in [0.4, 0.5) is 0 Å². The topological polar surface area (TPSA) is 119 Å². The Morgan fingerprint density at radius 1 is 1.44 bits per heavy atom. The van der Waals surface area contributed by atoms with Crippen molar-refractivity contribution in [2.75, 3.05) is 6.61 Å². The zero-order valence-corrected chi connectivity index (χ0v) is 10.4. The van der Waals surface area contributed by atoms with Gasteiger partial charge in [-0.15, -0.1) is 10.1 Å². The number of aliphatic carboxylic acids is 1. The first-order chi connectivity index (χ1) is 8.32. The van der Waals surface area contributed by atoms with Crippen molar-refractivity contribution in [3.05, 3.63) is 10.1 Å². The number of carbonyl (C=O) groups excluding carboxylic acids is 1. The lowest BCUT2D eigenvalue weighted by Crippen LogP contribution is -2.41. The van der Waals surface area contributed by atoms with Gasteiger partial charge < -0.3 is 15.3 Å². The molecule has 0 bridgehead atoms. The molecule has 8 nitrogen and oxygen atoms in total. The normalized spacial score (nSPS) is 11.9. The second kappa shape index (κ2) is 8.26. The van der Waals surface area contributed by atoms with Crippen LogP contribution in [0.5, 0.6) is 0 Å². The summed E-state index contributed by atoms with van der Waals surface area (Å²) in [5.74, 6) is -1.39. The van der Waals surface area contributed by atoms with Gasteiger partial charge in [-0.05, 0) is 18.8 Å². The molecule has 0 aliphatic rings. The summed E-state index contributed by atoms with van der Waals surface area (Å²) in [7, 11) is 0. The molecule has 0 aromatic heterocycles. The molecular weight excluding hydrogens is 244 g/mol. The highest BCUT2D eigenvalue weighted by molar-refractivity contribution is 5.83. The first kappa shape index (κ1) is 16.1. The number of carboxylic acid groups (broad SMARTS) is 1. The standard InChI is InChI=1S/C10H18N2O6/c1-7(2)6-8(10(14)15)11-9(13)4-3-5-18-12(16)17/h7-8H,3-6H2,1-2H3,(H,11,13)(H,14,15). The number of hydrogen-bond donors (Lipinski definition) is 2. The fourth-order valence-electron chi connectivity index (χ4n) is 1.33. The van der Waals surface area contributed by atoms with Crippen LogP contribution in [0.3, 0.4) is 0 Å². The van der Waals surface area contributed by atoms with Crippen LogP contribution in [0.1, 0.15) is 33.1 Å². The van der Waals surface area contributed by atoms with Gasteiger partial charge in [0.25, 0.3) is 5.09 Å². The van der Waals surface area contributed by atoms with E-state index in [2.05, 4.69) is 10.2 Å². The van der Waals surface area contributed by atoms with Gasteiger partial charge in [-0.25, -0.2) is 4.79 Å². The van der Waals surface area contributed by atoms with Crippen LogP contribution in [-0.2, 0) is 14.4 Å². The molecule has 0 saturated heterocycles. The summed E-state index contributed by atoms with van der Waals surface area (Å²) in [6.07, 6.45) is 0.503. The van der Waals surface area contributed by atoms with Gasteiger partial charge >= 0.3 is 5.97 Å². The maximum atomic E-state index is 11.4. The molecule has 104 valence electrons. The molecule has 18 heavy (non-hydrogen) atoms. The number of carbonyl (C=O) groups is 2. The molecule has 8 heteroatoms. The number of rotatable bonds is 9. The lowest BCUT2D eigenvalue weighted by molar-refractivity contribution is -0.757. The Kier molecular flexibility index (Phi) is 7.41. The lowest BCUT2D eigenvalue weighted by atomic mass is 10.0. The molecule has 0 fully saturated rings. The van der Waals surface area contributed by atoms with Gasteiger partial charge in [-0.3, -0.25) is 4.79 Å². The maximum Gasteiger partial charge on any atom is 0.326 e. The van der Waals surface area contributed by atoms with Crippen molar-refractivity contribution in [2.45, 2.75) is 39.2 Å². The van der Waals surface area contributed by atoms with E-state index in [4.69, 9.17) is 5.11 Å². The van der Waals surface area contributed by atoms with Gasteiger partial charge in [0.1, 0.15) is 6.04 Å². The highest BCUT2D eigenvalue weighted by Crippen LogP contribution is 2.05. The minimum atomic E-state index is -1.08. The van der Waals surface area contributed by atoms with Gasteiger partial charge in [0, 0.05) is 6.42 Å². The molecule has 0 spiro atoms. The van der Waals surface area contributed by atoms with Crippen molar-refractivity contribution in [2.24, 2.45) is 5.92 Å². The highest BCUT2D eigenvalue weighted by atomic mass is 16.9. The summed E-state index contributed by atoms with van der Waals surface area (Å²) >= 11 is 0. The van der Waals surface area contributed by atoms with Gasteiger partial charge in [-0.1, -0.05) is 13.8 Å². The number of carboxylic acids is 1. The summed E-state index contributed by atoms with van der Waals surface area (Å²) < 4.78 is 0. The SMILES string of the molecule is CC(C)CC(NC(=O)CCCO[N+](=O)[O-])C(=O)O. The predicted molar refractivity (Wildman–Crippen MR) is 61.2 cm³/mol. The number of nitrogens with zero attached hydrogens (tertiary/aromatic N) is 1. The van der Waals surface area contributed by atoms with Crippen LogP contribution in [0, 0.1) is 16.0 Å². The van der Waals surface area contributed by atoms with Crippen LogP contribution in [0.25, 0.3) is 0 Å². The third-order valence-corrected chi connectivity index (χ3v) is 2.09. The molecule has 0 aromatic rings. The fourth-order valence-corrected chi connectivity index (χ4v) is 1.33. The Bertz CT molecular complexity index is 305. The van der Waals surface area contributed by atoms with Crippen molar-refractivity contribution in [1.29, 1.82) is 0 Å². The molecule has 0 rings (SSSR count). The largest absolute Gasteiger partial charge is 0.480 e. The quantitative estimate of drug-likeness (QED) is 0.356. The van der Waals surface area contributed by atoms with Gasteiger partial charge in [-0.2, -0.15) is 0 Å². The van der Waals surface area contributed by atoms with Crippen LogP contribution in [0.15, 0.2) is 0 Å². The minimum absolute atomic E-state index is 0.00425. The Morgan fingerprint density at radius 2 is 2.06 bits per heavy atom. The average Bonchev–Trinajstić information content (AvgIpc) is 2.22. The maximum absolute atomic E-state index is 11.4. The van der Waals surface area contributed by atoms with E-state index in [9.17, 15) is 19.7 Å². The van der Waals surface area contributed by atoms with Crippen LogP contribution in [0.2, 0.25) is 0 Å². The van der Waals surface area contributed by atoms with E-state index in [-0.39, 0.29) is 25.4 Å². The average molecular weight is 262 g/mol. The van der Waals surface area contributed by atoms with Crippen LogP contribution < -0.4 is 5.32 Å². The van der Waals surface area contributed by atoms with E-state index in [0.29, 0.717) is 6.42 Å². The zero-order valence-electron chi connectivity index (χ0n) is 10.4. The second-order valence-corrected chi connectivity index (χ2v) is 4.25. The molecule has 1 amide bonds. The molecule has 1 atom stereocenters. The van der Waals surface area contributed by atoms with Gasteiger partial charge in [0.2, 0.25) is 5.91 Å². The Hall–Kier alpha value is -1.86. The molecule has 0 aliphatic heterocycles. The van der Waals surface area contributed by atoms with Crippen molar-refractivity contribution in [3.8, 4) is 0 Å². The third-order valence-electron chi connectivity index (χ3n) is 2.09. The zero-order chi connectivity index (χ0) is 14.1. The lowest BCUT2D eigenvalue weighted by Gasteiger charge is -2.16. The molecule has 0 aromatic carbocycles. The smallest absolute Gasteiger partial charge is 0.326 e. The van der Waals surface area contributed by atoms with E-state index in [1.54, 1.807) is 0 Å². The van der Waals surface area contributed by atoms with Crippen molar-refractivity contribution < 1.29 is 24.6 Å². The van der Waals surface area contributed by atoms with Gasteiger partial charge in [0.05, 0.1) is 6.61 Å². The molecule has 0 radical (unpaired) electrons.